The summed E-state index contributed by atoms with van der Waals surface area (Å²) in [5, 5.41) is 7.35. The van der Waals surface area contributed by atoms with Crippen LogP contribution in [0.15, 0.2) is 24.3 Å². The van der Waals surface area contributed by atoms with Crippen LogP contribution in [0, 0.1) is 11.8 Å². The number of ether oxygens (including phenoxy) is 1. The molecular formula is C29H28F10N6O3. The van der Waals surface area contributed by atoms with Crippen LogP contribution in [-0.4, -0.2) is 57.5 Å². The number of aryl methyl sites for hydroxylation is 1. The molecule has 2 aromatic heterocycles. The highest BCUT2D eigenvalue weighted by molar-refractivity contribution is 5.99. The van der Waals surface area contributed by atoms with Crippen molar-refractivity contribution in [1.29, 1.82) is 0 Å². The lowest BCUT2D eigenvalue weighted by Crippen LogP contribution is -2.40. The number of amides is 2. The third kappa shape index (κ3) is 7.86. The average Bonchev–Trinajstić information content (AvgIpc) is 3.54. The highest BCUT2D eigenvalue weighted by Gasteiger charge is 2.61. The summed E-state index contributed by atoms with van der Waals surface area (Å²) >= 11 is 0. The Labute approximate surface area is 265 Å². The third-order valence-electron chi connectivity index (χ3n) is 8.17. The molecule has 2 heterocycles. The Morgan fingerprint density at radius 2 is 1.71 bits per heavy atom. The Kier molecular flexibility index (Phi) is 9.44. The number of aromatic nitrogens is 3. The molecule has 2 saturated carbocycles. The molecule has 2 aliphatic carbocycles. The van der Waals surface area contributed by atoms with Gasteiger partial charge in [-0.3, -0.25) is 14.2 Å². The minimum atomic E-state index is -4.87. The molecule has 262 valence electrons. The molecule has 1 unspecified atom stereocenters. The van der Waals surface area contributed by atoms with Gasteiger partial charge >= 0.3 is 12.4 Å². The highest BCUT2D eigenvalue weighted by atomic mass is 19.4. The molecule has 0 aliphatic heterocycles. The van der Waals surface area contributed by atoms with Crippen molar-refractivity contribution >= 4 is 34.6 Å². The molecular weight excluding hydrogens is 670 g/mol. The van der Waals surface area contributed by atoms with Crippen LogP contribution < -0.4 is 20.7 Å². The van der Waals surface area contributed by atoms with Crippen molar-refractivity contribution in [2.24, 2.45) is 18.9 Å². The lowest BCUT2D eigenvalue weighted by Gasteiger charge is -2.30. The van der Waals surface area contributed by atoms with Gasteiger partial charge in [0, 0.05) is 26.1 Å². The molecule has 1 aromatic carbocycles. The summed E-state index contributed by atoms with van der Waals surface area (Å²) in [7, 11) is 1.33. The number of carbonyl (C=O) groups excluding carboxylic acids is 2. The van der Waals surface area contributed by atoms with Gasteiger partial charge in [0.1, 0.15) is 17.0 Å². The topological polar surface area (TPSA) is 110 Å². The number of carbonyl (C=O) groups is 2. The van der Waals surface area contributed by atoms with Crippen LogP contribution in [-0.2, 0) is 24.6 Å². The van der Waals surface area contributed by atoms with E-state index in [1.165, 1.54) is 7.05 Å². The van der Waals surface area contributed by atoms with E-state index in [2.05, 4.69) is 25.9 Å². The van der Waals surface area contributed by atoms with E-state index in [0.29, 0.717) is 0 Å². The Bertz CT molecular complexity index is 1680. The second-order valence-corrected chi connectivity index (χ2v) is 11.7. The van der Waals surface area contributed by atoms with Crippen molar-refractivity contribution in [1.82, 2.24) is 25.2 Å². The van der Waals surface area contributed by atoms with Crippen molar-refractivity contribution in [2.45, 2.75) is 69.4 Å². The number of nitrogens with zero attached hydrogens (tertiary/aromatic N) is 3. The Balaban J connectivity index is 1.41. The molecule has 0 radical (unpaired) electrons. The van der Waals surface area contributed by atoms with Gasteiger partial charge in [-0.15, -0.1) is 0 Å². The first-order chi connectivity index (χ1) is 22.3. The van der Waals surface area contributed by atoms with Crippen LogP contribution >= 0.6 is 0 Å². The Morgan fingerprint density at radius 1 is 1.04 bits per heavy atom. The minimum absolute atomic E-state index is 0.00775. The monoisotopic (exact) mass is 698 g/mol. The van der Waals surface area contributed by atoms with Gasteiger partial charge in [-0.1, -0.05) is 6.07 Å². The smallest absolute Gasteiger partial charge is 0.418 e. The molecule has 2 aliphatic rings. The van der Waals surface area contributed by atoms with E-state index in [0.717, 1.165) is 28.8 Å². The lowest BCUT2D eigenvalue weighted by atomic mass is 9.85. The fourth-order valence-electron chi connectivity index (χ4n) is 5.43. The minimum Gasteiger partial charge on any atom is -0.471 e. The van der Waals surface area contributed by atoms with Crippen molar-refractivity contribution in [2.75, 3.05) is 11.9 Å². The number of anilines is 2. The number of hydrogen-bond acceptors (Lipinski definition) is 6. The fraction of sp³-hybridized carbons (Fsp3) is 0.517. The van der Waals surface area contributed by atoms with Crippen molar-refractivity contribution in [3.8, 4) is 5.88 Å². The second-order valence-electron chi connectivity index (χ2n) is 11.7. The van der Waals surface area contributed by atoms with Gasteiger partial charge in [-0.05, 0) is 49.4 Å². The molecule has 2 amide bonds. The summed E-state index contributed by atoms with van der Waals surface area (Å²) < 4.78 is 140. The van der Waals surface area contributed by atoms with Gasteiger partial charge in [-0.2, -0.15) is 31.3 Å². The standard InChI is InChI=1S/C29H28F10N6O3/c1-45-22-20(9-16(25(44-22)48-12-21(30)31)23(46)41-15-5-3-14(4-6-15)28(34,35)36)43-26(45)42-19-8-13(2-7-17(19)29(37,38)39)11-40-24(47)18-10-27(18,32)33/h2,7-9,14-15,18,21H,3-6,10-12H2,1H3,(H,40,47)(H,41,46)(H,42,43)/t14-,15-,18?. The van der Waals surface area contributed by atoms with E-state index in [-0.39, 0.29) is 60.5 Å². The normalized spacial score (nSPS) is 20.9. The van der Waals surface area contributed by atoms with E-state index in [4.69, 9.17) is 4.74 Å². The highest BCUT2D eigenvalue weighted by Crippen LogP contribution is 2.48. The molecule has 2 fully saturated rings. The molecule has 0 bridgehead atoms. The Hall–Kier alpha value is -4.32. The zero-order chi connectivity index (χ0) is 35.2. The van der Waals surface area contributed by atoms with E-state index < -0.39 is 84.6 Å². The van der Waals surface area contributed by atoms with Gasteiger partial charge < -0.3 is 20.7 Å². The molecule has 1 atom stereocenters. The van der Waals surface area contributed by atoms with E-state index in [1.807, 2.05) is 0 Å². The summed E-state index contributed by atoms with van der Waals surface area (Å²) in [6, 6.07) is 3.26. The predicted octanol–water partition coefficient (Wildman–Crippen LogP) is 6.50. The number of nitrogens with one attached hydrogen (secondary N) is 3. The van der Waals surface area contributed by atoms with Crippen LogP contribution in [0.5, 0.6) is 5.88 Å². The largest absolute Gasteiger partial charge is 0.471 e. The summed E-state index contributed by atoms with van der Waals surface area (Å²) in [5.41, 5.74) is -2.09. The van der Waals surface area contributed by atoms with Crippen molar-refractivity contribution in [3.63, 3.8) is 0 Å². The van der Waals surface area contributed by atoms with Crippen LogP contribution in [0.4, 0.5) is 55.5 Å². The SMILES string of the molecule is Cn1c(Nc2cc(CNC(=O)C3CC3(F)F)ccc2C(F)(F)F)nc2cc(C(=O)N[C@H]3CC[C@H](C(F)(F)F)CC3)c(OCC(F)F)nc21. The maximum atomic E-state index is 13.9. The zero-order valence-electron chi connectivity index (χ0n) is 24.9. The summed E-state index contributed by atoms with van der Waals surface area (Å²) in [5.74, 6) is -8.80. The number of halogens is 10. The quantitative estimate of drug-likeness (QED) is 0.209. The van der Waals surface area contributed by atoms with Gasteiger partial charge in [-0.25, -0.2) is 22.5 Å². The fourth-order valence-corrected chi connectivity index (χ4v) is 5.43. The lowest BCUT2D eigenvalue weighted by molar-refractivity contribution is -0.182. The Morgan fingerprint density at radius 3 is 2.29 bits per heavy atom. The van der Waals surface area contributed by atoms with Crippen LogP contribution in [0.1, 0.15) is 53.6 Å². The number of pyridine rings is 1. The first-order valence-corrected chi connectivity index (χ1v) is 14.6. The summed E-state index contributed by atoms with van der Waals surface area (Å²) in [6.07, 6.45) is -13.3. The maximum Gasteiger partial charge on any atom is 0.418 e. The van der Waals surface area contributed by atoms with Crippen LogP contribution in [0.2, 0.25) is 0 Å². The maximum absolute atomic E-state index is 13.9. The van der Waals surface area contributed by atoms with Gasteiger partial charge in [0.2, 0.25) is 17.7 Å². The second kappa shape index (κ2) is 12.9. The summed E-state index contributed by atoms with van der Waals surface area (Å²) in [4.78, 5) is 33.4. The van der Waals surface area contributed by atoms with E-state index >= 15 is 0 Å². The number of hydrogen-bond donors (Lipinski definition) is 3. The van der Waals surface area contributed by atoms with Crippen molar-refractivity contribution < 1.29 is 58.2 Å². The van der Waals surface area contributed by atoms with Crippen LogP contribution in [0.25, 0.3) is 11.2 Å². The zero-order valence-corrected chi connectivity index (χ0v) is 24.9. The molecule has 19 heteroatoms. The number of fused-ring (bicyclic) bond motifs is 1. The number of imidazole rings is 1. The number of alkyl halides is 10. The molecule has 5 rings (SSSR count). The molecule has 0 spiro atoms. The third-order valence-corrected chi connectivity index (χ3v) is 8.17. The molecule has 0 saturated heterocycles. The first-order valence-electron chi connectivity index (χ1n) is 14.6. The number of rotatable bonds is 10. The van der Waals surface area contributed by atoms with Gasteiger partial charge in [0.05, 0.1) is 17.2 Å². The molecule has 3 N–H and O–H groups in total. The van der Waals surface area contributed by atoms with E-state index in [1.54, 1.807) is 0 Å². The van der Waals surface area contributed by atoms with Gasteiger partial charge in [0.25, 0.3) is 18.3 Å². The van der Waals surface area contributed by atoms with E-state index in [9.17, 15) is 53.5 Å². The predicted molar refractivity (Wildman–Crippen MR) is 149 cm³/mol. The number of benzene rings is 1. The molecule has 48 heavy (non-hydrogen) atoms. The average molecular weight is 699 g/mol. The molecule has 9 nitrogen and oxygen atoms in total. The van der Waals surface area contributed by atoms with Crippen LogP contribution in [0.3, 0.4) is 0 Å². The molecule has 3 aromatic rings. The summed E-state index contributed by atoms with van der Waals surface area (Å²) in [6.45, 7) is -1.53. The first kappa shape index (κ1) is 35.0. The van der Waals surface area contributed by atoms with Crippen molar-refractivity contribution in [3.05, 3.63) is 41.0 Å². The van der Waals surface area contributed by atoms with Gasteiger partial charge in [0.15, 0.2) is 12.3 Å².